The van der Waals surface area contributed by atoms with E-state index >= 15 is 0 Å². The zero-order chi connectivity index (χ0) is 21.8. The minimum Gasteiger partial charge on any atom is -0.383 e. The highest BCUT2D eigenvalue weighted by molar-refractivity contribution is 8.00. The van der Waals surface area contributed by atoms with Crippen molar-refractivity contribution in [2.24, 2.45) is 7.05 Å². The van der Waals surface area contributed by atoms with E-state index in [1.807, 2.05) is 12.1 Å². The number of hydrogen-bond donors (Lipinski definition) is 3. The lowest BCUT2D eigenvalue weighted by molar-refractivity contribution is -0.730. The number of halogens is 1. The van der Waals surface area contributed by atoms with Crippen molar-refractivity contribution in [2.75, 3.05) is 16.8 Å². The second-order valence-corrected chi connectivity index (χ2v) is 7.29. The topological polar surface area (TPSA) is 165 Å². The number of carbonyl (C=O) groups is 1. The van der Waals surface area contributed by atoms with E-state index in [9.17, 15) is 20.1 Å². The van der Waals surface area contributed by atoms with Crippen molar-refractivity contribution in [1.82, 2.24) is 10.3 Å². The van der Waals surface area contributed by atoms with E-state index in [2.05, 4.69) is 15.6 Å². The van der Waals surface area contributed by atoms with Crippen LogP contribution in [-0.4, -0.2) is 21.9 Å². The number of thioether (sulfide) groups is 1. The number of nitrogen functional groups attached to an aromatic ring is 1. The Morgan fingerprint density at radius 1 is 1.40 bits per heavy atom. The third-order valence-corrected chi connectivity index (χ3v) is 5.12. The summed E-state index contributed by atoms with van der Waals surface area (Å²) in [5, 5.41) is 24.8. The van der Waals surface area contributed by atoms with Crippen LogP contribution >= 0.6 is 23.4 Å². The summed E-state index contributed by atoms with van der Waals surface area (Å²) in [6, 6.07) is 10.4. The average Bonchev–Trinajstić information content (AvgIpc) is 3.03. The standard InChI is InChI=1S/C18H12ClN7O3S/c1-26-15(18(28)29-25-26)14-11(6-20)16(22)24-17(12(14)7-21)30-8-13(27)23-10-4-2-3-9(19)5-10/h2-5H,8H2,1H3,(H3-,22,23,24,25,27,28)/p+1. The van der Waals surface area contributed by atoms with Gasteiger partial charge in [0.15, 0.2) is 7.05 Å². The van der Waals surface area contributed by atoms with Crippen LogP contribution in [0.5, 0.6) is 0 Å². The number of nitrogens with one attached hydrogen (secondary N) is 2. The maximum atomic E-state index is 12.3. The molecule has 1 aromatic carbocycles. The SMILES string of the molecule is C[n+]1[nH]oc(=O)c1-c1c(C#N)c(N)nc(SCC(=O)Nc2cccc(Cl)c2)c1C#N. The number of aromatic amines is 1. The number of anilines is 2. The molecule has 2 aromatic heterocycles. The highest BCUT2D eigenvalue weighted by Gasteiger charge is 2.31. The minimum absolute atomic E-state index is 0.0113. The normalized spacial score (nSPS) is 10.3. The van der Waals surface area contributed by atoms with Crippen LogP contribution in [-0.2, 0) is 11.8 Å². The lowest BCUT2D eigenvalue weighted by atomic mass is 10.0. The predicted molar refractivity (Wildman–Crippen MR) is 108 cm³/mol. The van der Waals surface area contributed by atoms with Crippen LogP contribution in [0.3, 0.4) is 0 Å². The zero-order valence-corrected chi connectivity index (χ0v) is 17.0. The van der Waals surface area contributed by atoms with Gasteiger partial charge in [-0.25, -0.2) is 9.78 Å². The van der Waals surface area contributed by atoms with Crippen LogP contribution in [0.1, 0.15) is 11.1 Å². The number of aromatic nitrogens is 3. The fraction of sp³-hybridized carbons (Fsp3) is 0.111. The number of amides is 1. The van der Waals surface area contributed by atoms with E-state index in [1.165, 1.54) is 11.7 Å². The molecule has 0 aliphatic rings. The molecule has 3 rings (SSSR count). The summed E-state index contributed by atoms with van der Waals surface area (Å²) >= 11 is 6.84. The summed E-state index contributed by atoms with van der Waals surface area (Å²) in [5.74, 6) is -0.652. The first-order valence-corrected chi connectivity index (χ1v) is 9.61. The Morgan fingerprint density at radius 3 is 2.73 bits per heavy atom. The first kappa shape index (κ1) is 20.9. The number of aryl methyl sites for hydroxylation is 1. The van der Waals surface area contributed by atoms with Crippen LogP contribution in [0.15, 0.2) is 38.6 Å². The molecule has 0 bridgehead atoms. The van der Waals surface area contributed by atoms with Crippen molar-refractivity contribution in [3.05, 3.63) is 50.8 Å². The number of nitrogens with zero attached hydrogens (tertiary/aromatic N) is 4. The summed E-state index contributed by atoms with van der Waals surface area (Å²) in [4.78, 5) is 28.5. The molecule has 0 saturated heterocycles. The monoisotopic (exact) mass is 442 g/mol. The molecule has 2 heterocycles. The van der Waals surface area contributed by atoms with Gasteiger partial charge >= 0.3 is 11.3 Å². The van der Waals surface area contributed by atoms with Gasteiger partial charge in [-0.05, 0) is 23.5 Å². The molecule has 0 aliphatic carbocycles. The summed E-state index contributed by atoms with van der Waals surface area (Å²) < 4.78 is 5.94. The first-order chi connectivity index (χ1) is 14.3. The molecule has 0 radical (unpaired) electrons. The lowest BCUT2D eigenvalue weighted by Crippen LogP contribution is -2.34. The first-order valence-electron chi connectivity index (χ1n) is 8.25. The van der Waals surface area contributed by atoms with Crippen molar-refractivity contribution in [3.8, 4) is 23.4 Å². The molecule has 150 valence electrons. The highest BCUT2D eigenvalue weighted by atomic mass is 35.5. The molecule has 0 aliphatic heterocycles. The van der Waals surface area contributed by atoms with E-state index < -0.39 is 5.63 Å². The third-order valence-electron chi connectivity index (χ3n) is 3.90. The number of hydrogen-bond acceptors (Lipinski definition) is 8. The Kier molecular flexibility index (Phi) is 6.06. The highest BCUT2D eigenvalue weighted by Crippen LogP contribution is 2.33. The summed E-state index contributed by atoms with van der Waals surface area (Å²) in [6.07, 6.45) is 0. The Bertz CT molecular complexity index is 1290. The zero-order valence-electron chi connectivity index (χ0n) is 15.4. The summed E-state index contributed by atoms with van der Waals surface area (Å²) in [6.45, 7) is 0. The maximum Gasteiger partial charge on any atom is 0.435 e. The van der Waals surface area contributed by atoms with Gasteiger partial charge < -0.3 is 11.1 Å². The van der Waals surface area contributed by atoms with Gasteiger partial charge in [0.2, 0.25) is 5.91 Å². The number of pyridine rings is 1. The van der Waals surface area contributed by atoms with Gasteiger partial charge in [-0.3, -0.25) is 9.32 Å². The number of rotatable bonds is 5. The van der Waals surface area contributed by atoms with Gasteiger partial charge in [0.25, 0.3) is 0 Å². The largest absolute Gasteiger partial charge is 0.435 e. The van der Waals surface area contributed by atoms with Crippen molar-refractivity contribution in [2.45, 2.75) is 5.03 Å². The second kappa shape index (κ2) is 8.69. The fourth-order valence-corrected chi connectivity index (χ4v) is 3.63. The number of benzene rings is 1. The van der Waals surface area contributed by atoms with Gasteiger partial charge in [0.1, 0.15) is 34.1 Å². The molecule has 30 heavy (non-hydrogen) atoms. The Morgan fingerprint density at radius 2 is 2.13 bits per heavy atom. The quantitative estimate of drug-likeness (QED) is 0.395. The molecule has 0 fully saturated rings. The predicted octanol–water partition coefficient (Wildman–Crippen LogP) is 1.56. The van der Waals surface area contributed by atoms with Gasteiger partial charge in [-0.2, -0.15) is 10.5 Å². The van der Waals surface area contributed by atoms with Crippen molar-refractivity contribution >= 4 is 40.8 Å². The second-order valence-electron chi connectivity index (χ2n) is 5.89. The summed E-state index contributed by atoms with van der Waals surface area (Å²) in [7, 11) is 1.48. The van der Waals surface area contributed by atoms with Crippen molar-refractivity contribution < 1.29 is 14.0 Å². The lowest BCUT2D eigenvalue weighted by Gasteiger charge is -2.10. The van der Waals surface area contributed by atoms with Gasteiger partial charge in [-0.15, -0.1) is 0 Å². The minimum atomic E-state index is -0.786. The molecule has 3 aromatic rings. The molecule has 12 heteroatoms. The number of carbonyl (C=O) groups excluding carboxylic acids is 1. The smallest absolute Gasteiger partial charge is 0.383 e. The van der Waals surface area contributed by atoms with Crippen molar-refractivity contribution in [3.63, 3.8) is 0 Å². The number of nitriles is 2. The van der Waals surface area contributed by atoms with Crippen molar-refractivity contribution in [1.29, 1.82) is 10.5 Å². The van der Waals surface area contributed by atoms with Gasteiger partial charge in [0.05, 0.1) is 11.3 Å². The molecular weight excluding hydrogens is 430 g/mol. The van der Waals surface area contributed by atoms with E-state index in [4.69, 9.17) is 21.9 Å². The molecule has 4 N–H and O–H groups in total. The van der Waals surface area contributed by atoms with Crippen LogP contribution in [0, 0.1) is 22.7 Å². The molecule has 1 amide bonds. The van der Waals surface area contributed by atoms with Gasteiger partial charge in [-0.1, -0.05) is 34.1 Å². The van der Waals surface area contributed by atoms with E-state index in [0.29, 0.717) is 10.7 Å². The molecule has 0 unspecified atom stereocenters. The Balaban J connectivity index is 1.96. The molecule has 0 atom stereocenters. The third kappa shape index (κ3) is 4.12. The maximum absolute atomic E-state index is 12.3. The molecule has 0 spiro atoms. The van der Waals surface area contributed by atoms with Crippen LogP contribution in [0.25, 0.3) is 11.3 Å². The molecule has 10 nitrogen and oxygen atoms in total. The number of nitrogens with two attached hydrogens (primary N) is 1. The van der Waals surface area contributed by atoms with Crippen LogP contribution in [0.2, 0.25) is 5.02 Å². The fourth-order valence-electron chi connectivity index (χ4n) is 2.65. The van der Waals surface area contributed by atoms with E-state index in [1.54, 1.807) is 24.3 Å². The van der Waals surface area contributed by atoms with Crippen LogP contribution < -0.4 is 21.4 Å². The Hall–Kier alpha value is -3.80. The van der Waals surface area contributed by atoms with Crippen LogP contribution in [0.4, 0.5) is 11.5 Å². The molecular formula is C18H13ClN7O3S+. The Labute approximate surface area is 178 Å². The summed E-state index contributed by atoms with van der Waals surface area (Å²) in [5.41, 5.74) is 5.33. The van der Waals surface area contributed by atoms with E-state index in [0.717, 1.165) is 11.8 Å². The number of H-pyrrole nitrogens is 1. The molecule has 0 saturated carbocycles. The van der Waals surface area contributed by atoms with Gasteiger partial charge in [0, 0.05) is 10.7 Å². The van der Waals surface area contributed by atoms with E-state index in [-0.39, 0.29) is 44.9 Å². The average molecular weight is 443 g/mol.